The summed E-state index contributed by atoms with van der Waals surface area (Å²) in [7, 11) is 0. The van der Waals surface area contributed by atoms with E-state index in [-0.39, 0.29) is 5.69 Å². The molecule has 0 fully saturated rings. The van der Waals surface area contributed by atoms with Crippen molar-refractivity contribution in [2.75, 3.05) is 27.8 Å². The molecule has 2 amide bonds. The van der Waals surface area contributed by atoms with E-state index in [4.69, 9.17) is 0 Å². The number of carbonyl (C=O) groups is 1. The average molecular weight is 398 g/mol. The number of benzene rings is 2. The normalized spacial score (nSPS) is 10.3. The fraction of sp³-hybridized carbons (Fsp3) is 0.150. The predicted molar refractivity (Wildman–Crippen MR) is 110 cm³/mol. The highest BCUT2D eigenvalue weighted by Gasteiger charge is 2.07. The van der Waals surface area contributed by atoms with Gasteiger partial charge < -0.3 is 21.3 Å². The number of hydrogen-bond acceptors (Lipinski definition) is 5. The van der Waals surface area contributed by atoms with Crippen molar-refractivity contribution in [1.82, 2.24) is 9.97 Å². The topological polar surface area (TPSA) is 91.0 Å². The van der Waals surface area contributed by atoms with E-state index in [0.717, 1.165) is 30.1 Å². The molecule has 150 valence electrons. The number of rotatable bonds is 6. The monoisotopic (exact) mass is 398 g/mol. The van der Waals surface area contributed by atoms with E-state index in [1.807, 2.05) is 19.9 Å². The van der Waals surface area contributed by atoms with Gasteiger partial charge in [-0.2, -0.15) is 4.98 Å². The molecule has 0 unspecified atom stereocenters. The molecule has 2 aromatic carbocycles. The van der Waals surface area contributed by atoms with Gasteiger partial charge in [0.05, 0.1) is 0 Å². The molecule has 1 heterocycles. The lowest BCUT2D eigenvalue weighted by Crippen LogP contribution is -2.19. The highest BCUT2D eigenvalue weighted by molar-refractivity contribution is 5.99. The largest absolute Gasteiger partial charge is 0.354 e. The summed E-state index contributed by atoms with van der Waals surface area (Å²) >= 11 is 0. The zero-order valence-corrected chi connectivity index (χ0v) is 15.9. The fourth-order valence-electron chi connectivity index (χ4n) is 2.52. The Kier molecular flexibility index (Phi) is 6.18. The van der Waals surface area contributed by atoms with E-state index in [1.165, 1.54) is 6.07 Å². The van der Waals surface area contributed by atoms with Crippen LogP contribution in [0.15, 0.2) is 48.5 Å². The summed E-state index contributed by atoms with van der Waals surface area (Å²) in [5, 5.41) is 11.3. The minimum Gasteiger partial charge on any atom is -0.354 e. The molecule has 0 atom stereocenters. The molecular formula is C20H20F2N6O. The van der Waals surface area contributed by atoms with Gasteiger partial charge in [0.15, 0.2) is 11.6 Å². The van der Waals surface area contributed by atoms with Crippen molar-refractivity contribution in [3.05, 3.63) is 65.9 Å². The third-order valence-corrected chi connectivity index (χ3v) is 3.78. The zero-order chi connectivity index (χ0) is 20.8. The number of halogens is 2. The number of nitrogens with zero attached hydrogens (tertiary/aromatic N) is 2. The van der Waals surface area contributed by atoms with Crippen LogP contribution >= 0.6 is 0 Å². The van der Waals surface area contributed by atoms with E-state index >= 15 is 0 Å². The maximum atomic E-state index is 13.2. The molecule has 3 rings (SSSR count). The van der Waals surface area contributed by atoms with Gasteiger partial charge in [-0.1, -0.05) is 0 Å². The summed E-state index contributed by atoms with van der Waals surface area (Å²) in [5.74, 6) is -0.821. The van der Waals surface area contributed by atoms with Crippen LogP contribution in [0.25, 0.3) is 0 Å². The van der Waals surface area contributed by atoms with Gasteiger partial charge >= 0.3 is 6.03 Å². The summed E-state index contributed by atoms with van der Waals surface area (Å²) < 4.78 is 26.1. The van der Waals surface area contributed by atoms with E-state index in [0.29, 0.717) is 17.5 Å². The molecule has 0 radical (unpaired) electrons. The smallest absolute Gasteiger partial charge is 0.323 e. The zero-order valence-electron chi connectivity index (χ0n) is 15.9. The third kappa shape index (κ3) is 5.61. The highest BCUT2D eigenvalue weighted by atomic mass is 19.2. The number of aryl methyl sites for hydroxylation is 1. The van der Waals surface area contributed by atoms with Gasteiger partial charge in [0, 0.05) is 41.4 Å². The molecule has 0 aliphatic carbocycles. The van der Waals surface area contributed by atoms with Gasteiger partial charge in [-0.25, -0.2) is 18.6 Å². The Morgan fingerprint density at radius 3 is 2.24 bits per heavy atom. The van der Waals surface area contributed by atoms with Crippen LogP contribution in [0.3, 0.4) is 0 Å². The van der Waals surface area contributed by atoms with Crippen molar-refractivity contribution >= 4 is 34.9 Å². The first-order valence-corrected chi connectivity index (χ1v) is 8.92. The van der Waals surface area contributed by atoms with Gasteiger partial charge in [-0.15, -0.1) is 0 Å². The van der Waals surface area contributed by atoms with Crippen LogP contribution in [0.5, 0.6) is 0 Å². The summed E-state index contributed by atoms with van der Waals surface area (Å²) in [4.78, 5) is 20.7. The molecule has 0 aliphatic rings. The summed E-state index contributed by atoms with van der Waals surface area (Å²) in [6, 6.07) is 11.3. The Morgan fingerprint density at radius 2 is 1.55 bits per heavy atom. The fourth-order valence-corrected chi connectivity index (χ4v) is 2.52. The maximum absolute atomic E-state index is 13.2. The number of amides is 2. The van der Waals surface area contributed by atoms with Crippen molar-refractivity contribution < 1.29 is 13.6 Å². The van der Waals surface area contributed by atoms with Crippen LogP contribution in [0, 0.1) is 18.6 Å². The van der Waals surface area contributed by atoms with Crippen molar-refractivity contribution in [1.29, 1.82) is 0 Å². The van der Waals surface area contributed by atoms with Gasteiger partial charge in [0.2, 0.25) is 5.95 Å². The lowest BCUT2D eigenvalue weighted by Gasteiger charge is -2.11. The number of anilines is 5. The standard InChI is InChI=1S/C20H20F2N6O/c1-3-23-19-24-12(2)10-18(28-19)25-13-4-6-14(7-5-13)26-20(29)27-15-8-9-16(21)17(22)11-15/h4-11H,3H2,1-2H3,(H2,26,27,29)(H2,23,24,25,28). The molecule has 7 nitrogen and oxygen atoms in total. The lowest BCUT2D eigenvalue weighted by atomic mass is 10.2. The average Bonchev–Trinajstić information content (AvgIpc) is 2.66. The number of aromatic nitrogens is 2. The molecule has 1 aromatic heterocycles. The third-order valence-electron chi connectivity index (χ3n) is 3.78. The van der Waals surface area contributed by atoms with Crippen LogP contribution in [0.2, 0.25) is 0 Å². The molecule has 3 aromatic rings. The lowest BCUT2D eigenvalue weighted by molar-refractivity contribution is 0.262. The molecule has 0 bridgehead atoms. The van der Waals surface area contributed by atoms with E-state index < -0.39 is 17.7 Å². The van der Waals surface area contributed by atoms with Crippen molar-refractivity contribution in [3.63, 3.8) is 0 Å². The number of urea groups is 1. The summed E-state index contributed by atoms with van der Waals surface area (Å²) in [6.07, 6.45) is 0. The molecule has 4 N–H and O–H groups in total. The quantitative estimate of drug-likeness (QED) is 0.475. The Hall–Kier alpha value is -3.75. The van der Waals surface area contributed by atoms with Crippen LogP contribution < -0.4 is 21.3 Å². The van der Waals surface area contributed by atoms with Crippen LogP contribution in [-0.2, 0) is 0 Å². The maximum Gasteiger partial charge on any atom is 0.323 e. The van der Waals surface area contributed by atoms with Crippen molar-refractivity contribution in [2.24, 2.45) is 0 Å². The van der Waals surface area contributed by atoms with Crippen molar-refractivity contribution in [3.8, 4) is 0 Å². The van der Waals surface area contributed by atoms with E-state index in [9.17, 15) is 13.6 Å². The summed E-state index contributed by atoms with van der Waals surface area (Å²) in [6.45, 7) is 4.56. The van der Waals surface area contributed by atoms with Crippen LogP contribution in [0.1, 0.15) is 12.6 Å². The minimum absolute atomic E-state index is 0.148. The van der Waals surface area contributed by atoms with Crippen LogP contribution in [-0.4, -0.2) is 22.5 Å². The second-order valence-electron chi connectivity index (χ2n) is 6.16. The second kappa shape index (κ2) is 8.96. The molecule has 29 heavy (non-hydrogen) atoms. The Labute approximate surface area is 166 Å². The first kappa shape index (κ1) is 20.0. The molecular weight excluding hydrogens is 378 g/mol. The van der Waals surface area contributed by atoms with Crippen molar-refractivity contribution in [2.45, 2.75) is 13.8 Å². The Bertz CT molecular complexity index is 1010. The number of nitrogens with one attached hydrogen (secondary N) is 4. The molecule has 9 heteroatoms. The van der Waals surface area contributed by atoms with Gasteiger partial charge in [0.1, 0.15) is 5.82 Å². The first-order valence-electron chi connectivity index (χ1n) is 8.92. The van der Waals surface area contributed by atoms with E-state index in [2.05, 4.69) is 31.2 Å². The highest BCUT2D eigenvalue weighted by Crippen LogP contribution is 2.20. The molecule has 0 saturated carbocycles. The summed E-state index contributed by atoms with van der Waals surface area (Å²) in [5.41, 5.74) is 2.28. The van der Waals surface area contributed by atoms with Gasteiger partial charge in [-0.3, -0.25) is 0 Å². The SMILES string of the molecule is CCNc1nc(C)cc(Nc2ccc(NC(=O)Nc3ccc(F)c(F)c3)cc2)n1. The van der Waals surface area contributed by atoms with Crippen LogP contribution in [0.4, 0.5) is 42.4 Å². The minimum atomic E-state index is -1.03. The molecule has 0 aliphatic heterocycles. The number of hydrogen-bond donors (Lipinski definition) is 4. The predicted octanol–water partition coefficient (Wildman–Crippen LogP) is 4.88. The Morgan fingerprint density at radius 1 is 0.897 bits per heavy atom. The van der Waals surface area contributed by atoms with Gasteiger partial charge in [0.25, 0.3) is 0 Å². The first-order chi connectivity index (χ1) is 13.9. The van der Waals surface area contributed by atoms with E-state index in [1.54, 1.807) is 24.3 Å². The number of carbonyl (C=O) groups excluding carboxylic acids is 1. The van der Waals surface area contributed by atoms with Gasteiger partial charge in [-0.05, 0) is 50.2 Å². The Balaban J connectivity index is 1.61. The molecule has 0 spiro atoms. The second-order valence-corrected chi connectivity index (χ2v) is 6.16. The molecule has 0 saturated heterocycles.